The van der Waals surface area contributed by atoms with E-state index in [4.69, 9.17) is 37.7 Å². The Morgan fingerprint density at radius 2 is 1.37 bits per heavy atom. The van der Waals surface area contributed by atoms with Crippen LogP contribution in [0.4, 0.5) is 4.79 Å². The summed E-state index contributed by atoms with van der Waals surface area (Å²) in [5.74, 6) is -8.05. The van der Waals surface area contributed by atoms with Crippen molar-refractivity contribution in [2.75, 3.05) is 13.2 Å². The number of aliphatic carboxylic acids is 1. The van der Waals surface area contributed by atoms with E-state index in [2.05, 4.69) is 62.0 Å². The van der Waals surface area contributed by atoms with Gasteiger partial charge in [-0.1, -0.05) is 158 Å². The number of nitrogens with one attached hydrogen (secondary N) is 4. The van der Waals surface area contributed by atoms with Crippen molar-refractivity contribution in [2.24, 2.45) is 63.1 Å². The zero-order valence-corrected chi connectivity index (χ0v) is 73.5. The van der Waals surface area contributed by atoms with Crippen molar-refractivity contribution < 1.29 is 120 Å². The quantitative estimate of drug-likeness (QED) is 0.00703. The van der Waals surface area contributed by atoms with Gasteiger partial charge in [0, 0.05) is 63.5 Å². The molecule has 672 valence electrons. The highest BCUT2D eigenvalue weighted by atomic mass is 31.2. The number of carbonyl (C=O) groups is 11. The number of aliphatic hydroxyl groups excluding tert-OH is 1. The predicted molar refractivity (Wildman–Crippen MR) is 450 cm³/mol. The number of fused-ring (bicyclic) bond motifs is 10. The number of unbranched alkanes of at least 4 members (excludes halogenated alkanes) is 1. The van der Waals surface area contributed by atoms with Crippen molar-refractivity contribution in [3.05, 3.63) is 160 Å². The zero-order chi connectivity index (χ0) is 89.8. The monoisotopic (exact) mass is 1740 g/mol. The third-order valence-corrected chi connectivity index (χ3v) is 29.3. The van der Waals surface area contributed by atoms with Gasteiger partial charge in [0.05, 0.1) is 36.0 Å². The van der Waals surface area contributed by atoms with E-state index < -0.39 is 188 Å². The minimum atomic E-state index is -4.94. The average Bonchev–Trinajstić information content (AvgIpc) is 0.736. The molecule has 0 aromatic heterocycles. The number of ether oxygens (including phenoxy) is 7. The molecule has 0 radical (unpaired) electrons. The van der Waals surface area contributed by atoms with Gasteiger partial charge in [0.2, 0.25) is 17.9 Å². The van der Waals surface area contributed by atoms with Gasteiger partial charge in [-0.05, 0) is 183 Å². The number of esters is 5. The summed E-state index contributed by atoms with van der Waals surface area (Å²) in [6, 6.07) is 24.3. The summed E-state index contributed by atoms with van der Waals surface area (Å²) >= 11 is 0. The molecule has 8 aliphatic rings. The highest BCUT2D eigenvalue weighted by Gasteiger charge is 2.79. The topological polar surface area (TPSA) is 428 Å². The number of alkyl carbamates (subject to hydrolysis) is 1. The first kappa shape index (κ1) is 93.5. The van der Waals surface area contributed by atoms with Crippen LogP contribution in [0.2, 0.25) is 0 Å². The number of carbonyl (C=O) groups excluding carboxylic acids is 10. The Balaban J connectivity index is 0.723. The molecule has 9 N–H and O–H groups in total. The fraction of sp³-hybridized carbons (Fsp3) is 0.585. The summed E-state index contributed by atoms with van der Waals surface area (Å²) < 4.78 is 59.8. The van der Waals surface area contributed by atoms with Gasteiger partial charge in [-0.3, -0.25) is 43.3 Å². The Bertz CT molecular complexity index is 4730. The number of carboxylic acid groups (broad SMARTS) is 1. The van der Waals surface area contributed by atoms with E-state index in [0.29, 0.717) is 53.4 Å². The van der Waals surface area contributed by atoms with E-state index in [0.717, 1.165) is 39.0 Å². The molecule has 1 heterocycles. The second-order valence-corrected chi connectivity index (χ2v) is 38.4. The Morgan fingerprint density at radius 1 is 0.702 bits per heavy atom. The van der Waals surface area contributed by atoms with Crippen LogP contribution in [0.5, 0.6) is 5.75 Å². The lowest BCUT2D eigenvalue weighted by Gasteiger charge is -2.67. The molecule has 12 rings (SSSR count). The standard InChI is InChI=1S/C94H121N4O25P/c1-53(2)24-23-25-54(3)66-39-40-67-65-38-35-62-49-64(43-45-90(62,9)68(65)44-46-91(66,67)10)118-88(111)97-70(48-58-33-36-63(37-34-58)123-124(113,114)115)84(106)96-69(85(107)108)32-21-22-47-95-74(102)41-42-75(103)120-79(77(59-26-15-12-16-27-59)98-83(105)60-28-17-13-18-29-60)87(110)119-71-51-94(112)82(121-86(109)61-30-19-14-20-31-61)80-92(11,72(101)50-73-93(80,52-116-73)122-57(6)100)81(104)78(117-56(5)99)76(55(71)4)89(94,7)8/h12-20,26-31,33-37,53-54,64-73,77-80,82,101,112H,21-25,32,38-52H2,1-11H3,(H,95,102)(H,96,106)(H,97,111)(H,98,105)(H,107,108)(H2,113,114,115)/t54-,64+,65+,66-,67+,68+,69-,70-,71-,72-,73+,77-,78+,79+,80?,82-,90+,91-,92+,93-,94-/m1/s1. The summed E-state index contributed by atoms with van der Waals surface area (Å²) in [5, 5.41) is 47.9. The number of carboxylic acids is 1. The number of phosphoric ester groups is 1. The molecular weight excluding hydrogens is 1620 g/mol. The fourth-order valence-corrected chi connectivity index (χ4v) is 22.8. The van der Waals surface area contributed by atoms with Crippen molar-refractivity contribution >= 4 is 73.2 Å². The predicted octanol–water partition coefficient (Wildman–Crippen LogP) is 12.1. The molecule has 29 nitrogen and oxygen atoms in total. The van der Waals surface area contributed by atoms with Crippen LogP contribution in [0, 0.1) is 63.1 Å². The molecular formula is C94H121N4O25P. The number of phosphoric acid groups is 1. The van der Waals surface area contributed by atoms with Crippen LogP contribution < -0.4 is 25.8 Å². The first-order valence-corrected chi connectivity index (χ1v) is 45.2. The molecule has 124 heavy (non-hydrogen) atoms. The molecule has 2 bridgehead atoms. The van der Waals surface area contributed by atoms with E-state index in [-0.39, 0.29) is 77.6 Å². The maximum atomic E-state index is 16.0. The molecule has 4 aromatic carbocycles. The van der Waals surface area contributed by atoms with Crippen LogP contribution in [0.1, 0.15) is 230 Å². The second kappa shape index (κ2) is 38.3. The zero-order valence-electron chi connectivity index (χ0n) is 72.6. The summed E-state index contributed by atoms with van der Waals surface area (Å²) in [5.41, 5.74) is -6.35. The smallest absolute Gasteiger partial charge is 0.480 e. The number of benzene rings is 4. The third-order valence-electron chi connectivity index (χ3n) is 28.9. The summed E-state index contributed by atoms with van der Waals surface area (Å²) in [4.78, 5) is 176. The lowest BCUT2D eigenvalue weighted by atomic mass is 9.44. The van der Waals surface area contributed by atoms with E-state index in [1.165, 1.54) is 132 Å². The average molecular weight is 1740 g/mol. The number of aliphatic hydroxyl groups is 2. The van der Waals surface area contributed by atoms with Gasteiger partial charge in [-0.2, -0.15) is 0 Å². The number of hydrogen-bond acceptors (Lipinski definition) is 22. The van der Waals surface area contributed by atoms with E-state index in [9.17, 15) is 72.8 Å². The SMILES string of the molecule is CC(=O)O[C@@H]1C(=O)[C@]2(C)C([C@@H](OC(=O)c3ccccc3)[C@]3(O)C[C@@H](OC(=O)[C@@H](OC(=O)CCC(=O)NCCCC[C@@H](NC(=O)[C@@H](Cc4ccc(OP(=O)(O)O)cc4)NC(=O)O[C@H]4CC[C@@]5(C)C(=CC[C@H]6[C@@H]7CC[C@H]([C@H](C)CCCC(C)C)[C@@]7(C)CC[C@@H]65)C4)C(=O)O)[C@H](NC(=O)c4ccccc4)c4ccccc4)C(C)=C1C3(C)C)[C@@]1(OC(C)=O)CO[C@H]1C[C@H]2O. The third kappa shape index (κ3) is 19.8. The van der Waals surface area contributed by atoms with Crippen molar-refractivity contribution in [2.45, 2.75) is 270 Å². The first-order chi connectivity index (χ1) is 58.6. The Morgan fingerprint density at radius 3 is 2.00 bits per heavy atom. The molecule has 1 aliphatic heterocycles. The molecule has 1 saturated heterocycles. The molecule has 7 aliphatic carbocycles. The van der Waals surface area contributed by atoms with Crippen LogP contribution in [-0.4, -0.2) is 170 Å². The number of hydrogen-bond donors (Lipinski definition) is 9. The number of amides is 4. The number of ketones is 1. The summed E-state index contributed by atoms with van der Waals surface area (Å²) in [7, 11) is -4.94. The Hall–Kier alpha value is -9.64. The van der Waals surface area contributed by atoms with Gasteiger partial charge in [0.25, 0.3) is 5.91 Å². The van der Waals surface area contributed by atoms with Gasteiger partial charge in [-0.15, -0.1) is 0 Å². The number of Topliss-reactive ketones (excluding diaryl/α,β-unsaturated/α-hetero) is 1. The summed E-state index contributed by atoms with van der Waals surface area (Å²) in [6.45, 7) is 19.5. The van der Waals surface area contributed by atoms with Gasteiger partial charge < -0.3 is 74.3 Å². The molecule has 0 spiro atoms. The molecule has 4 aromatic rings. The van der Waals surface area contributed by atoms with Crippen LogP contribution in [0.15, 0.2) is 138 Å². The highest BCUT2D eigenvalue weighted by molar-refractivity contribution is 7.46. The molecule has 21 atom stereocenters. The molecule has 6 fully saturated rings. The van der Waals surface area contributed by atoms with Gasteiger partial charge in [0.1, 0.15) is 53.9 Å². The maximum absolute atomic E-state index is 16.0. The fourth-order valence-electron chi connectivity index (χ4n) is 22.4. The van der Waals surface area contributed by atoms with Crippen molar-refractivity contribution in [3.63, 3.8) is 0 Å². The Kier molecular flexibility index (Phi) is 28.9. The van der Waals surface area contributed by atoms with Crippen molar-refractivity contribution in [1.29, 1.82) is 0 Å². The molecule has 4 amide bonds. The van der Waals surface area contributed by atoms with Crippen molar-refractivity contribution in [3.8, 4) is 5.75 Å². The minimum absolute atomic E-state index is 0.0147. The van der Waals surface area contributed by atoms with Gasteiger partial charge >= 0.3 is 49.7 Å². The number of allylic oxidation sites excluding steroid dienone is 1. The van der Waals surface area contributed by atoms with Crippen LogP contribution >= 0.6 is 7.82 Å². The van der Waals surface area contributed by atoms with Gasteiger partial charge in [0.15, 0.2) is 17.5 Å². The first-order valence-electron chi connectivity index (χ1n) is 43.6. The highest BCUT2D eigenvalue weighted by Crippen LogP contribution is 2.69. The normalized spacial score (nSPS) is 30.1. The van der Waals surface area contributed by atoms with Gasteiger partial charge in [-0.25, -0.2) is 23.7 Å². The molecule has 1 unspecified atom stereocenters. The molecule has 30 heteroatoms. The van der Waals surface area contributed by atoms with E-state index in [1.54, 1.807) is 54.6 Å². The van der Waals surface area contributed by atoms with Crippen molar-refractivity contribution in [1.82, 2.24) is 21.3 Å². The largest absolute Gasteiger partial charge is 0.524 e. The van der Waals surface area contributed by atoms with Crippen LogP contribution in [-0.2, 0) is 82.5 Å². The second-order valence-electron chi connectivity index (χ2n) is 37.3. The number of rotatable bonds is 33. The Labute approximate surface area is 723 Å². The molecule has 5 saturated carbocycles. The lowest BCUT2D eigenvalue weighted by Crippen LogP contribution is -2.82. The van der Waals surface area contributed by atoms with E-state index in [1.807, 2.05) is 0 Å². The maximum Gasteiger partial charge on any atom is 0.524 e. The van der Waals surface area contributed by atoms with E-state index >= 15 is 9.59 Å². The lowest BCUT2D eigenvalue weighted by molar-refractivity contribution is -0.346. The van der Waals surface area contributed by atoms with Crippen LogP contribution in [0.25, 0.3) is 0 Å². The minimum Gasteiger partial charge on any atom is -0.480 e. The summed E-state index contributed by atoms with van der Waals surface area (Å²) in [6.07, 6.45) is -0.380. The van der Waals surface area contributed by atoms with Crippen LogP contribution in [0.3, 0.4) is 0 Å².